The summed E-state index contributed by atoms with van der Waals surface area (Å²) in [5.41, 5.74) is 5.66. The topological polar surface area (TPSA) is 38.5 Å². The van der Waals surface area contributed by atoms with Crippen molar-refractivity contribution in [2.75, 3.05) is 33.4 Å². The molecule has 1 saturated heterocycles. The summed E-state index contributed by atoms with van der Waals surface area (Å²) in [5, 5.41) is 0. The molecule has 1 unspecified atom stereocenters. The fraction of sp³-hybridized carbons (Fsp3) is 1.00. The van der Waals surface area contributed by atoms with Gasteiger partial charge < -0.3 is 15.4 Å². The van der Waals surface area contributed by atoms with Crippen molar-refractivity contribution in [3.05, 3.63) is 0 Å². The van der Waals surface area contributed by atoms with Gasteiger partial charge in [0.25, 0.3) is 0 Å². The molecule has 3 heteroatoms. The molecular formula is C8H20N2O. The van der Waals surface area contributed by atoms with Crippen LogP contribution in [0.25, 0.3) is 0 Å². The maximum atomic E-state index is 5.66. The first-order valence-corrected chi connectivity index (χ1v) is 4.31. The largest absolute Gasteiger partial charge is 0.378 e. The third kappa shape index (κ3) is 5.18. The van der Waals surface area contributed by atoms with Gasteiger partial charge in [-0.1, -0.05) is 13.8 Å². The van der Waals surface area contributed by atoms with Crippen molar-refractivity contribution in [2.45, 2.75) is 19.9 Å². The summed E-state index contributed by atoms with van der Waals surface area (Å²) in [6, 6.07) is 0.206. The molecule has 0 bridgehead atoms. The predicted octanol–water partition coefficient (Wildman–Crippen LogP) is 0.302. The Morgan fingerprint density at radius 1 is 1.45 bits per heavy atom. The van der Waals surface area contributed by atoms with Crippen LogP contribution in [0.2, 0.25) is 0 Å². The summed E-state index contributed by atoms with van der Waals surface area (Å²) < 4.78 is 5.21. The average Bonchev–Trinajstić information content (AvgIpc) is 2.18. The summed E-state index contributed by atoms with van der Waals surface area (Å²) in [6.07, 6.45) is 0. The standard InChI is InChI=1S/C6H14N2O.C2H6/c1-8-2-3-9-5-6(7)4-8;1-2/h6H,2-5,7H2,1H3;1-2H3. The highest BCUT2D eigenvalue weighted by Gasteiger charge is 2.10. The maximum absolute atomic E-state index is 5.66. The molecule has 0 aromatic rings. The molecule has 0 aromatic carbocycles. The van der Waals surface area contributed by atoms with Crippen LogP contribution in [0.4, 0.5) is 0 Å². The monoisotopic (exact) mass is 160 g/mol. The van der Waals surface area contributed by atoms with Crippen molar-refractivity contribution in [2.24, 2.45) is 5.73 Å². The molecule has 0 radical (unpaired) electrons. The lowest BCUT2D eigenvalue weighted by Crippen LogP contribution is -2.35. The van der Waals surface area contributed by atoms with E-state index in [0.717, 1.165) is 19.7 Å². The first-order valence-electron chi connectivity index (χ1n) is 4.31. The van der Waals surface area contributed by atoms with Crippen LogP contribution in [0.3, 0.4) is 0 Å². The van der Waals surface area contributed by atoms with Crippen molar-refractivity contribution < 1.29 is 4.74 Å². The Labute approximate surface area is 69.5 Å². The van der Waals surface area contributed by atoms with E-state index in [1.54, 1.807) is 0 Å². The summed E-state index contributed by atoms with van der Waals surface area (Å²) in [4.78, 5) is 2.19. The number of likely N-dealkylation sites (N-methyl/N-ethyl adjacent to an activating group) is 1. The predicted molar refractivity (Wildman–Crippen MR) is 47.6 cm³/mol. The molecule has 1 fully saturated rings. The lowest BCUT2D eigenvalue weighted by Gasteiger charge is -2.13. The second-order valence-corrected chi connectivity index (χ2v) is 2.60. The number of nitrogens with zero attached hydrogens (tertiary/aromatic N) is 1. The number of rotatable bonds is 0. The van der Waals surface area contributed by atoms with Crippen LogP contribution in [0.5, 0.6) is 0 Å². The Morgan fingerprint density at radius 2 is 2.09 bits per heavy atom. The quantitative estimate of drug-likeness (QED) is 0.554. The van der Waals surface area contributed by atoms with Crippen LogP contribution in [-0.2, 0) is 4.74 Å². The molecule has 3 nitrogen and oxygen atoms in total. The molecule has 0 spiro atoms. The van der Waals surface area contributed by atoms with Gasteiger partial charge in [-0.2, -0.15) is 0 Å². The molecule has 1 aliphatic rings. The fourth-order valence-corrected chi connectivity index (χ4v) is 0.999. The fourth-order valence-electron chi connectivity index (χ4n) is 0.999. The molecular weight excluding hydrogens is 140 g/mol. The molecule has 2 N–H and O–H groups in total. The Morgan fingerprint density at radius 3 is 2.73 bits per heavy atom. The third-order valence-corrected chi connectivity index (χ3v) is 1.50. The molecule has 0 amide bonds. The minimum atomic E-state index is 0.206. The molecule has 1 aliphatic heterocycles. The molecule has 68 valence electrons. The smallest absolute Gasteiger partial charge is 0.0630 e. The summed E-state index contributed by atoms with van der Waals surface area (Å²) in [6.45, 7) is 7.50. The molecule has 0 aliphatic carbocycles. The number of ether oxygens (including phenoxy) is 1. The maximum Gasteiger partial charge on any atom is 0.0630 e. The Kier molecular flexibility index (Phi) is 6.51. The minimum absolute atomic E-state index is 0.206. The zero-order chi connectivity index (χ0) is 8.69. The molecule has 0 saturated carbocycles. The van der Waals surface area contributed by atoms with Gasteiger partial charge in [0.2, 0.25) is 0 Å². The van der Waals surface area contributed by atoms with Gasteiger partial charge in [-0.15, -0.1) is 0 Å². The number of nitrogens with two attached hydrogens (primary N) is 1. The lowest BCUT2D eigenvalue weighted by atomic mass is 10.3. The van der Waals surface area contributed by atoms with E-state index in [4.69, 9.17) is 10.5 Å². The molecule has 0 aromatic heterocycles. The molecule has 1 atom stereocenters. The second-order valence-electron chi connectivity index (χ2n) is 2.60. The van der Waals surface area contributed by atoms with Crippen LogP contribution < -0.4 is 5.73 Å². The van der Waals surface area contributed by atoms with Crippen LogP contribution in [0.15, 0.2) is 0 Å². The molecule has 11 heavy (non-hydrogen) atoms. The van der Waals surface area contributed by atoms with Crippen molar-refractivity contribution in [1.29, 1.82) is 0 Å². The van der Waals surface area contributed by atoms with E-state index in [1.807, 2.05) is 13.8 Å². The van der Waals surface area contributed by atoms with Gasteiger partial charge in [0.1, 0.15) is 0 Å². The highest BCUT2D eigenvalue weighted by atomic mass is 16.5. The number of hydrogen-bond acceptors (Lipinski definition) is 3. The summed E-state index contributed by atoms with van der Waals surface area (Å²) in [7, 11) is 2.06. The highest BCUT2D eigenvalue weighted by Crippen LogP contribution is 1.93. The van der Waals surface area contributed by atoms with Gasteiger partial charge in [-0.25, -0.2) is 0 Å². The second kappa shape index (κ2) is 6.58. The van der Waals surface area contributed by atoms with E-state index in [1.165, 1.54) is 0 Å². The Balaban J connectivity index is 0.000000461. The van der Waals surface area contributed by atoms with Gasteiger partial charge in [0, 0.05) is 19.1 Å². The molecule has 1 heterocycles. The van der Waals surface area contributed by atoms with E-state index >= 15 is 0 Å². The summed E-state index contributed by atoms with van der Waals surface area (Å²) in [5.74, 6) is 0. The van der Waals surface area contributed by atoms with Crippen molar-refractivity contribution in [1.82, 2.24) is 4.90 Å². The zero-order valence-electron chi connectivity index (χ0n) is 7.84. The van der Waals surface area contributed by atoms with Crippen LogP contribution in [0, 0.1) is 0 Å². The van der Waals surface area contributed by atoms with Crippen molar-refractivity contribution >= 4 is 0 Å². The first-order chi connectivity index (χ1) is 5.29. The normalized spacial score (nSPS) is 26.7. The van der Waals surface area contributed by atoms with E-state index in [0.29, 0.717) is 6.61 Å². The van der Waals surface area contributed by atoms with Gasteiger partial charge in [0.05, 0.1) is 13.2 Å². The van der Waals surface area contributed by atoms with E-state index in [9.17, 15) is 0 Å². The molecule has 1 rings (SSSR count). The first kappa shape index (κ1) is 10.9. The minimum Gasteiger partial charge on any atom is -0.378 e. The van der Waals surface area contributed by atoms with E-state index in [2.05, 4.69) is 11.9 Å². The van der Waals surface area contributed by atoms with Crippen LogP contribution >= 0.6 is 0 Å². The van der Waals surface area contributed by atoms with E-state index < -0.39 is 0 Å². The van der Waals surface area contributed by atoms with Gasteiger partial charge in [0.15, 0.2) is 0 Å². The third-order valence-electron chi connectivity index (χ3n) is 1.50. The van der Waals surface area contributed by atoms with Crippen LogP contribution in [-0.4, -0.2) is 44.3 Å². The average molecular weight is 160 g/mol. The van der Waals surface area contributed by atoms with Gasteiger partial charge >= 0.3 is 0 Å². The SMILES string of the molecule is CC.CN1CCOCC(N)C1. The zero-order valence-corrected chi connectivity index (χ0v) is 7.84. The van der Waals surface area contributed by atoms with Crippen molar-refractivity contribution in [3.63, 3.8) is 0 Å². The van der Waals surface area contributed by atoms with E-state index in [-0.39, 0.29) is 6.04 Å². The van der Waals surface area contributed by atoms with Crippen molar-refractivity contribution in [3.8, 4) is 0 Å². The van der Waals surface area contributed by atoms with Gasteiger partial charge in [-0.05, 0) is 7.05 Å². The number of hydrogen-bond donors (Lipinski definition) is 1. The highest BCUT2D eigenvalue weighted by molar-refractivity contribution is 4.67. The van der Waals surface area contributed by atoms with Crippen LogP contribution in [0.1, 0.15) is 13.8 Å². The Hall–Kier alpha value is -0.120. The summed E-state index contributed by atoms with van der Waals surface area (Å²) >= 11 is 0. The lowest BCUT2D eigenvalue weighted by molar-refractivity contribution is 0.138. The Bertz CT molecular complexity index is 78.2. The van der Waals surface area contributed by atoms with Gasteiger partial charge in [-0.3, -0.25) is 0 Å².